The molecule has 1 aliphatic heterocycles. The fourth-order valence-electron chi connectivity index (χ4n) is 1.59. The lowest BCUT2D eigenvalue weighted by Crippen LogP contribution is -2.22. The Kier molecular flexibility index (Phi) is 2.71. The van der Waals surface area contributed by atoms with E-state index in [-0.39, 0.29) is 0 Å². The van der Waals surface area contributed by atoms with Crippen LogP contribution in [0.3, 0.4) is 0 Å². The quantitative estimate of drug-likeness (QED) is 0.712. The minimum absolute atomic E-state index is 0.298. The van der Waals surface area contributed by atoms with E-state index < -0.39 is 0 Å². The third-order valence-electron chi connectivity index (χ3n) is 2.31. The van der Waals surface area contributed by atoms with Crippen LogP contribution in [0.25, 0.3) is 0 Å². The molecule has 1 N–H and O–H groups in total. The van der Waals surface area contributed by atoms with Crippen molar-refractivity contribution in [2.45, 2.75) is 13.0 Å². The summed E-state index contributed by atoms with van der Waals surface area (Å²) in [5, 5.41) is 3.34. The van der Waals surface area contributed by atoms with Crippen molar-refractivity contribution in [3.63, 3.8) is 0 Å². The predicted molar refractivity (Wildman–Crippen MR) is 56.1 cm³/mol. The second-order valence-electron chi connectivity index (χ2n) is 3.21. The van der Waals surface area contributed by atoms with Crippen LogP contribution in [0.2, 0.25) is 0 Å². The molecule has 0 saturated carbocycles. The lowest BCUT2D eigenvalue weighted by Gasteiger charge is -2.07. The van der Waals surface area contributed by atoms with Gasteiger partial charge in [-0.05, 0) is 13.0 Å². The van der Waals surface area contributed by atoms with Gasteiger partial charge in [0, 0.05) is 5.56 Å². The molecule has 0 aromatic heterocycles. The summed E-state index contributed by atoms with van der Waals surface area (Å²) in [5.41, 5.74) is 1.24. The van der Waals surface area contributed by atoms with Crippen molar-refractivity contribution in [2.75, 3.05) is 13.2 Å². The summed E-state index contributed by atoms with van der Waals surface area (Å²) in [4.78, 5) is 0. The van der Waals surface area contributed by atoms with Crippen LogP contribution in [0.15, 0.2) is 24.3 Å². The summed E-state index contributed by atoms with van der Waals surface area (Å²) in [6.45, 7) is 3.28. The van der Waals surface area contributed by atoms with Crippen LogP contribution in [0.1, 0.15) is 18.5 Å². The minimum Gasteiger partial charge on any atom is -0.491 e. The molecule has 0 fully saturated rings. The van der Waals surface area contributed by atoms with Gasteiger partial charge < -0.3 is 4.74 Å². The number of fused-ring (bicyclic) bond motifs is 1. The van der Waals surface area contributed by atoms with Crippen molar-refractivity contribution >= 4 is 0 Å². The van der Waals surface area contributed by atoms with E-state index in [9.17, 15) is 0 Å². The smallest absolute Gasteiger partial charge is 0.124 e. The maximum atomic E-state index is 5.53. The van der Waals surface area contributed by atoms with Crippen molar-refractivity contribution < 1.29 is 4.74 Å². The van der Waals surface area contributed by atoms with E-state index >= 15 is 0 Å². The molecule has 1 unspecified atom stereocenters. The van der Waals surface area contributed by atoms with Crippen LogP contribution in [-0.2, 0) is 0 Å². The maximum Gasteiger partial charge on any atom is 0.124 e. The Bertz CT molecular complexity index is 375. The molecular weight excluding hydrogens is 174 g/mol. The zero-order valence-corrected chi connectivity index (χ0v) is 8.21. The number of hydrogen-bond acceptors (Lipinski definition) is 2. The topological polar surface area (TPSA) is 21.3 Å². The summed E-state index contributed by atoms with van der Waals surface area (Å²) in [6, 6.07) is 8.43. The second kappa shape index (κ2) is 4.17. The van der Waals surface area contributed by atoms with Gasteiger partial charge in [0.2, 0.25) is 0 Å². The van der Waals surface area contributed by atoms with E-state index in [1.165, 1.54) is 5.56 Å². The average Bonchev–Trinajstić information content (AvgIpc) is 2.63. The molecule has 1 heterocycles. The first-order valence-electron chi connectivity index (χ1n) is 4.76. The SMILES string of the molecule is CC#CCNC1COc2ccccc21. The molecule has 2 rings (SSSR count). The van der Waals surface area contributed by atoms with Gasteiger partial charge in [0.1, 0.15) is 12.4 Å². The highest BCUT2D eigenvalue weighted by Gasteiger charge is 2.22. The molecular formula is C12H13NO. The number of benzene rings is 1. The molecule has 0 spiro atoms. The zero-order valence-electron chi connectivity index (χ0n) is 8.21. The second-order valence-corrected chi connectivity index (χ2v) is 3.21. The van der Waals surface area contributed by atoms with Crippen molar-refractivity contribution in [3.05, 3.63) is 29.8 Å². The highest BCUT2D eigenvalue weighted by atomic mass is 16.5. The standard InChI is InChI=1S/C12H13NO/c1-2-3-8-13-11-9-14-12-7-5-4-6-10(11)12/h4-7,11,13H,8-9H2,1H3. The van der Waals surface area contributed by atoms with E-state index in [0.717, 1.165) is 12.3 Å². The van der Waals surface area contributed by atoms with Gasteiger partial charge in [0.05, 0.1) is 12.6 Å². The summed E-state index contributed by atoms with van der Waals surface area (Å²) in [7, 11) is 0. The number of rotatable bonds is 2. The third-order valence-corrected chi connectivity index (χ3v) is 2.31. The molecule has 1 aromatic rings. The van der Waals surface area contributed by atoms with E-state index in [2.05, 4.69) is 23.2 Å². The van der Waals surface area contributed by atoms with Crippen molar-refractivity contribution in [2.24, 2.45) is 0 Å². The van der Waals surface area contributed by atoms with Gasteiger partial charge in [-0.1, -0.05) is 24.1 Å². The molecule has 72 valence electrons. The summed E-state index contributed by atoms with van der Waals surface area (Å²) in [6.07, 6.45) is 0. The largest absolute Gasteiger partial charge is 0.491 e. The lowest BCUT2D eigenvalue weighted by atomic mass is 10.1. The van der Waals surface area contributed by atoms with Gasteiger partial charge in [-0.2, -0.15) is 0 Å². The lowest BCUT2D eigenvalue weighted by molar-refractivity contribution is 0.315. The molecule has 2 nitrogen and oxygen atoms in total. The van der Waals surface area contributed by atoms with Crippen molar-refractivity contribution in [3.8, 4) is 17.6 Å². The number of para-hydroxylation sites is 1. The van der Waals surface area contributed by atoms with E-state index in [4.69, 9.17) is 4.74 Å². The Morgan fingerprint density at radius 1 is 1.50 bits per heavy atom. The van der Waals surface area contributed by atoms with Crippen LogP contribution in [0.5, 0.6) is 5.75 Å². The molecule has 14 heavy (non-hydrogen) atoms. The maximum absolute atomic E-state index is 5.53. The number of hydrogen-bond donors (Lipinski definition) is 1. The van der Waals surface area contributed by atoms with Crippen LogP contribution < -0.4 is 10.1 Å². The number of ether oxygens (including phenoxy) is 1. The van der Waals surface area contributed by atoms with Gasteiger partial charge >= 0.3 is 0 Å². The predicted octanol–water partition coefficient (Wildman–Crippen LogP) is 1.73. The fraction of sp³-hybridized carbons (Fsp3) is 0.333. The first-order chi connectivity index (χ1) is 6.92. The Hall–Kier alpha value is -1.46. The number of nitrogens with one attached hydrogen (secondary N) is 1. The average molecular weight is 187 g/mol. The van der Waals surface area contributed by atoms with Crippen LogP contribution in [0.4, 0.5) is 0 Å². The summed E-state index contributed by atoms with van der Waals surface area (Å²) in [5.74, 6) is 6.85. The van der Waals surface area contributed by atoms with Gasteiger partial charge in [0.15, 0.2) is 0 Å². The highest BCUT2D eigenvalue weighted by Crippen LogP contribution is 2.31. The molecule has 0 bridgehead atoms. The van der Waals surface area contributed by atoms with Gasteiger partial charge in [0.25, 0.3) is 0 Å². The van der Waals surface area contributed by atoms with Crippen LogP contribution >= 0.6 is 0 Å². The third kappa shape index (κ3) is 1.73. The highest BCUT2D eigenvalue weighted by molar-refractivity contribution is 5.39. The molecule has 0 radical (unpaired) electrons. The zero-order chi connectivity index (χ0) is 9.80. The Morgan fingerprint density at radius 3 is 3.21 bits per heavy atom. The Balaban J connectivity index is 2.05. The molecule has 0 amide bonds. The molecule has 2 heteroatoms. The van der Waals surface area contributed by atoms with Crippen molar-refractivity contribution in [1.29, 1.82) is 0 Å². The van der Waals surface area contributed by atoms with Gasteiger partial charge in [-0.25, -0.2) is 0 Å². The van der Waals surface area contributed by atoms with Gasteiger partial charge in [-0.3, -0.25) is 5.32 Å². The monoisotopic (exact) mass is 187 g/mol. The Morgan fingerprint density at radius 2 is 2.36 bits per heavy atom. The van der Waals surface area contributed by atoms with E-state index in [1.54, 1.807) is 0 Å². The van der Waals surface area contributed by atoms with Crippen LogP contribution in [-0.4, -0.2) is 13.2 Å². The molecule has 0 saturated heterocycles. The summed E-state index contributed by atoms with van der Waals surface area (Å²) < 4.78 is 5.53. The molecule has 1 atom stereocenters. The first-order valence-corrected chi connectivity index (χ1v) is 4.76. The summed E-state index contributed by atoms with van der Waals surface area (Å²) >= 11 is 0. The molecule has 1 aliphatic rings. The Labute approximate surface area is 84.3 Å². The van der Waals surface area contributed by atoms with E-state index in [1.807, 2.05) is 25.1 Å². The minimum atomic E-state index is 0.298. The molecule has 0 aliphatic carbocycles. The molecule has 1 aromatic carbocycles. The van der Waals surface area contributed by atoms with Crippen molar-refractivity contribution in [1.82, 2.24) is 5.32 Å². The van der Waals surface area contributed by atoms with Crippen LogP contribution in [0, 0.1) is 11.8 Å². The van der Waals surface area contributed by atoms with E-state index in [0.29, 0.717) is 12.6 Å². The fourth-order valence-corrected chi connectivity index (χ4v) is 1.59. The van der Waals surface area contributed by atoms with Gasteiger partial charge in [-0.15, -0.1) is 5.92 Å². The normalized spacial score (nSPS) is 17.9. The first kappa shape index (κ1) is 9.11.